The lowest BCUT2D eigenvalue weighted by molar-refractivity contribution is -0.686. The van der Waals surface area contributed by atoms with Gasteiger partial charge in [-0.25, -0.2) is 4.79 Å². The summed E-state index contributed by atoms with van der Waals surface area (Å²) in [5, 5.41) is -0.383. The molecule has 1 aromatic heterocycles. The van der Waals surface area contributed by atoms with E-state index in [1.165, 1.54) is 7.11 Å². The van der Waals surface area contributed by atoms with Gasteiger partial charge in [0.05, 0.1) is 7.11 Å². The van der Waals surface area contributed by atoms with Crippen molar-refractivity contribution in [2.24, 2.45) is 0 Å². The summed E-state index contributed by atoms with van der Waals surface area (Å²) < 4.78 is 29.1. The molecule has 0 aliphatic heterocycles. The lowest BCUT2D eigenvalue weighted by Crippen LogP contribution is -2.59. The second-order valence-corrected chi connectivity index (χ2v) is 14.7. The SMILES string of the molecule is COc1c[n+](CC(=O)OC(C)(C)C)ccc1[Si](F)(C(C)(C)C)C(C)(C)C. The number of carbonyl (C=O) groups excluding carboxylic acids is 1. The van der Waals surface area contributed by atoms with E-state index in [9.17, 15) is 4.79 Å². The molecule has 0 saturated heterocycles. The van der Waals surface area contributed by atoms with E-state index < -0.39 is 24.1 Å². The molecule has 0 aromatic carbocycles. The van der Waals surface area contributed by atoms with Crippen LogP contribution in [0.3, 0.4) is 0 Å². The average molecular weight is 385 g/mol. The first-order valence-corrected chi connectivity index (χ1v) is 10.9. The molecular formula is C20H35FNO3Si+. The fourth-order valence-electron chi connectivity index (χ4n) is 3.52. The molecule has 0 spiro atoms. The number of nitrogens with zero attached hydrogens (tertiary/aromatic N) is 1. The highest BCUT2D eigenvalue weighted by Gasteiger charge is 2.58. The number of methoxy groups -OCH3 is 1. The Hall–Kier alpha value is -1.43. The summed E-state index contributed by atoms with van der Waals surface area (Å²) in [7, 11) is -1.91. The molecule has 26 heavy (non-hydrogen) atoms. The molecule has 0 radical (unpaired) electrons. The van der Waals surface area contributed by atoms with Crippen LogP contribution in [0, 0.1) is 0 Å². The molecule has 0 atom stereocenters. The summed E-state index contributed by atoms with van der Waals surface area (Å²) in [5.74, 6) is 0.141. The molecule has 0 N–H and O–H groups in total. The smallest absolute Gasteiger partial charge is 0.373 e. The zero-order valence-corrected chi connectivity index (χ0v) is 19.0. The number of aromatic nitrogens is 1. The van der Waals surface area contributed by atoms with Crippen LogP contribution in [0.2, 0.25) is 10.1 Å². The molecule has 1 aromatic rings. The molecule has 0 unspecified atom stereocenters. The Morgan fingerprint density at radius 3 is 1.96 bits per heavy atom. The summed E-state index contributed by atoms with van der Waals surface area (Å²) in [5.41, 5.74) is -0.541. The highest BCUT2D eigenvalue weighted by Crippen LogP contribution is 2.52. The van der Waals surface area contributed by atoms with E-state index >= 15 is 4.11 Å². The predicted molar refractivity (Wildman–Crippen MR) is 105 cm³/mol. The molecule has 0 aliphatic rings. The Bertz CT molecular complexity index is 640. The third-order valence-electron chi connectivity index (χ3n) is 4.37. The number of hydrogen-bond donors (Lipinski definition) is 0. The number of pyridine rings is 1. The van der Waals surface area contributed by atoms with Crippen molar-refractivity contribution in [3.8, 4) is 5.75 Å². The van der Waals surface area contributed by atoms with Crippen LogP contribution in [0.15, 0.2) is 18.5 Å². The fourth-order valence-corrected chi connectivity index (χ4v) is 8.19. The Kier molecular flexibility index (Phi) is 6.34. The first-order valence-electron chi connectivity index (χ1n) is 9.01. The molecule has 1 heterocycles. The number of esters is 1. The molecule has 4 nitrogen and oxygen atoms in total. The average Bonchev–Trinajstić information content (AvgIpc) is 2.41. The molecule has 0 amide bonds. The van der Waals surface area contributed by atoms with Gasteiger partial charge in [0.1, 0.15) is 5.60 Å². The number of hydrogen-bond acceptors (Lipinski definition) is 3. The summed E-state index contributed by atoms with van der Waals surface area (Å²) >= 11 is 0. The van der Waals surface area contributed by atoms with E-state index in [0.29, 0.717) is 10.9 Å². The monoisotopic (exact) mass is 384 g/mol. The lowest BCUT2D eigenvalue weighted by Gasteiger charge is -2.44. The first-order chi connectivity index (χ1) is 11.5. The van der Waals surface area contributed by atoms with Gasteiger partial charge in [-0.15, -0.1) is 0 Å². The molecule has 0 bridgehead atoms. The number of carbonyl (C=O) groups is 1. The van der Waals surface area contributed by atoms with Crippen molar-refractivity contribution in [3.05, 3.63) is 18.5 Å². The van der Waals surface area contributed by atoms with Crippen molar-refractivity contribution in [1.29, 1.82) is 0 Å². The minimum Gasteiger partial charge on any atom is -0.491 e. The Balaban J connectivity index is 3.34. The van der Waals surface area contributed by atoms with Crippen LogP contribution < -0.4 is 14.5 Å². The largest absolute Gasteiger partial charge is 0.491 e. The van der Waals surface area contributed by atoms with Gasteiger partial charge in [-0.2, -0.15) is 4.57 Å². The van der Waals surface area contributed by atoms with Gasteiger partial charge in [0.15, 0.2) is 11.9 Å². The zero-order valence-electron chi connectivity index (χ0n) is 18.0. The van der Waals surface area contributed by atoms with Crippen LogP contribution in [0.25, 0.3) is 0 Å². The summed E-state index contributed by atoms with van der Waals surface area (Å²) in [6.45, 7) is 17.2. The van der Waals surface area contributed by atoms with Crippen LogP contribution in [-0.2, 0) is 16.1 Å². The number of rotatable bonds is 4. The summed E-state index contributed by atoms with van der Waals surface area (Å²) in [6, 6.07) is 1.77. The topological polar surface area (TPSA) is 39.4 Å². The standard InChI is InChI=1S/C20H35FNO3Si/c1-18(2,3)25-17(23)14-22-12-11-16(15(13-22)24-10)26(21,19(4,5)6)20(7,8)9/h11-13H,14H2,1-10H3/q+1. The van der Waals surface area contributed by atoms with E-state index in [-0.39, 0.29) is 12.5 Å². The third kappa shape index (κ3) is 4.84. The molecule has 1 rings (SSSR count). The Labute approximate surface area is 158 Å². The maximum Gasteiger partial charge on any atom is 0.373 e. The summed E-state index contributed by atoms with van der Waals surface area (Å²) in [4.78, 5) is 12.1. The second kappa shape index (κ2) is 7.29. The van der Waals surface area contributed by atoms with Crippen molar-refractivity contribution in [1.82, 2.24) is 0 Å². The molecular weight excluding hydrogens is 349 g/mol. The highest BCUT2D eigenvalue weighted by atomic mass is 28.4. The maximum absolute atomic E-state index is 16.6. The van der Waals surface area contributed by atoms with Crippen LogP contribution in [0.1, 0.15) is 62.3 Å². The van der Waals surface area contributed by atoms with E-state index in [0.717, 1.165) is 0 Å². The van der Waals surface area contributed by atoms with E-state index in [1.54, 1.807) is 23.0 Å². The van der Waals surface area contributed by atoms with Crippen molar-refractivity contribution >= 4 is 19.6 Å². The second-order valence-electron chi connectivity index (χ2n) is 9.84. The van der Waals surface area contributed by atoms with E-state index in [4.69, 9.17) is 9.47 Å². The Morgan fingerprint density at radius 1 is 1.08 bits per heavy atom. The van der Waals surface area contributed by atoms with Crippen molar-refractivity contribution in [2.75, 3.05) is 7.11 Å². The minimum absolute atomic E-state index is 0.0553. The molecule has 6 heteroatoms. The van der Waals surface area contributed by atoms with Crippen LogP contribution in [0.4, 0.5) is 4.11 Å². The lowest BCUT2D eigenvalue weighted by atomic mass is 10.2. The predicted octanol–water partition coefficient (Wildman–Crippen LogP) is 4.05. The van der Waals surface area contributed by atoms with Crippen LogP contribution >= 0.6 is 0 Å². The van der Waals surface area contributed by atoms with Gasteiger partial charge in [0.25, 0.3) is 8.41 Å². The summed E-state index contributed by atoms with van der Waals surface area (Å²) in [6.07, 6.45) is 3.43. The first kappa shape index (κ1) is 22.6. The van der Waals surface area contributed by atoms with Crippen molar-refractivity contribution < 1.29 is 22.9 Å². The third-order valence-corrected chi connectivity index (χ3v) is 9.66. The van der Waals surface area contributed by atoms with Gasteiger partial charge in [-0.3, -0.25) is 0 Å². The molecule has 0 saturated carbocycles. The highest BCUT2D eigenvalue weighted by molar-refractivity contribution is 6.91. The van der Waals surface area contributed by atoms with Gasteiger partial charge >= 0.3 is 5.97 Å². The van der Waals surface area contributed by atoms with Crippen LogP contribution in [0.5, 0.6) is 5.75 Å². The zero-order chi connectivity index (χ0) is 20.6. The van der Waals surface area contributed by atoms with Gasteiger partial charge < -0.3 is 13.6 Å². The number of ether oxygens (including phenoxy) is 2. The van der Waals surface area contributed by atoms with Crippen LogP contribution in [-0.4, -0.2) is 27.1 Å². The van der Waals surface area contributed by atoms with Crippen molar-refractivity contribution in [2.45, 2.75) is 84.5 Å². The number of halogens is 1. The fraction of sp³-hybridized carbons (Fsp3) is 0.700. The van der Waals surface area contributed by atoms with Gasteiger partial charge in [-0.05, 0) is 30.8 Å². The van der Waals surface area contributed by atoms with Crippen molar-refractivity contribution in [3.63, 3.8) is 0 Å². The van der Waals surface area contributed by atoms with Gasteiger partial charge in [0, 0.05) is 11.3 Å². The van der Waals surface area contributed by atoms with E-state index in [2.05, 4.69) is 0 Å². The normalized spacial score (nSPS) is 13.5. The van der Waals surface area contributed by atoms with Gasteiger partial charge in [-0.1, -0.05) is 41.5 Å². The maximum atomic E-state index is 16.6. The Morgan fingerprint density at radius 2 is 1.58 bits per heavy atom. The molecule has 0 aliphatic carbocycles. The molecule has 148 valence electrons. The van der Waals surface area contributed by atoms with Gasteiger partial charge in [0.2, 0.25) is 12.7 Å². The molecule has 0 fully saturated rings. The van der Waals surface area contributed by atoms with E-state index in [1.807, 2.05) is 62.3 Å². The quantitative estimate of drug-likeness (QED) is 0.340. The minimum atomic E-state index is -3.45.